The van der Waals surface area contributed by atoms with E-state index >= 15 is 0 Å². The van der Waals surface area contributed by atoms with Crippen LogP contribution in [0.5, 0.6) is 11.5 Å². The number of ketones is 1. The summed E-state index contributed by atoms with van der Waals surface area (Å²) in [4.78, 5) is 12.1. The predicted octanol–water partition coefficient (Wildman–Crippen LogP) is 2.95. The summed E-state index contributed by atoms with van der Waals surface area (Å²) >= 11 is 0. The van der Waals surface area contributed by atoms with Crippen LogP contribution in [0.25, 0.3) is 0 Å². The zero-order valence-electron chi connectivity index (χ0n) is 10.9. The number of ether oxygens (including phenoxy) is 3. The van der Waals surface area contributed by atoms with E-state index in [0.717, 1.165) is 12.8 Å². The lowest BCUT2D eigenvalue weighted by atomic mass is 9.98. The molecule has 0 amide bonds. The van der Waals surface area contributed by atoms with Gasteiger partial charge in [0.25, 0.3) is 0 Å². The van der Waals surface area contributed by atoms with Crippen LogP contribution in [0.3, 0.4) is 0 Å². The molecule has 0 bridgehead atoms. The van der Waals surface area contributed by atoms with Crippen LogP contribution in [0.1, 0.15) is 42.5 Å². The number of rotatable bonds is 4. The van der Waals surface area contributed by atoms with Crippen molar-refractivity contribution in [2.24, 2.45) is 0 Å². The molecule has 1 aromatic carbocycles. The molecule has 4 heteroatoms. The lowest BCUT2D eigenvalue weighted by Crippen LogP contribution is -2.20. The summed E-state index contributed by atoms with van der Waals surface area (Å²) in [6.45, 7) is 0.385. The molecule has 0 atom stereocenters. The van der Waals surface area contributed by atoms with E-state index < -0.39 is 0 Å². The minimum absolute atomic E-state index is 0.00359. The minimum Gasteiger partial charge on any atom is -0.454 e. The largest absolute Gasteiger partial charge is 0.454 e. The standard InChI is InChI=1S/C15H18O4/c16-13(9-17-12-4-2-1-3-5-12)11-6-7-14-15(8-11)19-10-18-14/h6-8,12H,1-5,9-10H2. The highest BCUT2D eigenvalue weighted by atomic mass is 16.7. The Morgan fingerprint density at radius 1 is 1.16 bits per heavy atom. The Bertz CT molecular complexity index is 463. The van der Waals surface area contributed by atoms with E-state index in [1.54, 1.807) is 18.2 Å². The van der Waals surface area contributed by atoms with Gasteiger partial charge in [0.15, 0.2) is 17.3 Å². The molecule has 0 radical (unpaired) electrons. The Morgan fingerprint density at radius 2 is 1.95 bits per heavy atom. The fourth-order valence-corrected chi connectivity index (χ4v) is 2.58. The summed E-state index contributed by atoms with van der Waals surface area (Å²) in [5.41, 5.74) is 0.625. The number of hydrogen-bond acceptors (Lipinski definition) is 4. The normalized spacial score (nSPS) is 18.5. The fourth-order valence-electron chi connectivity index (χ4n) is 2.58. The smallest absolute Gasteiger partial charge is 0.231 e. The molecule has 0 aromatic heterocycles. The molecule has 102 valence electrons. The number of Topliss-reactive ketones (excluding diaryl/α,β-unsaturated/α-hetero) is 1. The predicted molar refractivity (Wildman–Crippen MR) is 69.7 cm³/mol. The van der Waals surface area contributed by atoms with Crippen LogP contribution in [0.2, 0.25) is 0 Å². The van der Waals surface area contributed by atoms with Crippen molar-refractivity contribution in [3.05, 3.63) is 23.8 Å². The van der Waals surface area contributed by atoms with Gasteiger partial charge in [-0.1, -0.05) is 19.3 Å². The van der Waals surface area contributed by atoms with Crippen molar-refractivity contribution in [1.29, 1.82) is 0 Å². The zero-order chi connectivity index (χ0) is 13.1. The molecule has 0 spiro atoms. The highest BCUT2D eigenvalue weighted by molar-refractivity contribution is 5.97. The Hall–Kier alpha value is -1.55. The maximum atomic E-state index is 12.1. The first-order chi connectivity index (χ1) is 9.33. The quantitative estimate of drug-likeness (QED) is 0.783. The third-order valence-electron chi connectivity index (χ3n) is 3.70. The second-order valence-corrected chi connectivity index (χ2v) is 5.06. The molecule has 0 saturated heterocycles. The summed E-state index contributed by atoms with van der Waals surface area (Å²) in [5, 5.41) is 0. The van der Waals surface area contributed by atoms with Crippen LogP contribution in [0.15, 0.2) is 18.2 Å². The zero-order valence-corrected chi connectivity index (χ0v) is 10.9. The van der Waals surface area contributed by atoms with E-state index in [1.807, 2.05) is 0 Å². The summed E-state index contributed by atoms with van der Waals surface area (Å²) in [6, 6.07) is 5.27. The lowest BCUT2D eigenvalue weighted by molar-refractivity contribution is 0.0284. The van der Waals surface area contributed by atoms with Crippen LogP contribution >= 0.6 is 0 Å². The third kappa shape index (κ3) is 2.89. The Kier molecular flexibility index (Phi) is 3.69. The number of fused-ring (bicyclic) bond motifs is 1. The third-order valence-corrected chi connectivity index (χ3v) is 3.70. The molecule has 1 fully saturated rings. The lowest BCUT2D eigenvalue weighted by Gasteiger charge is -2.21. The number of benzene rings is 1. The van der Waals surface area contributed by atoms with Crippen LogP contribution in [-0.4, -0.2) is 25.3 Å². The van der Waals surface area contributed by atoms with E-state index in [9.17, 15) is 4.79 Å². The van der Waals surface area contributed by atoms with Gasteiger partial charge in [-0.2, -0.15) is 0 Å². The maximum Gasteiger partial charge on any atom is 0.231 e. The molecular formula is C15H18O4. The summed E-state index contributed by atoms with van der Waals surface area (Å²) in [5.74, 6) is 1.34. The van der Waals surface area contributed by atoms with Gasteiger partial charge in [-0.05, 0) is 31.0 Å². The number of carbonyl (C=O) groups is 1. The van der Waals surface area contributed by atoms with Crippen molar-refractivity contribution < 1.29 is 19.0 Å². The minimum atomic E-state index is 0.00359. The van der Waals surface area contributed by atoms with Crippen molar-refractivity contribution in [2.45, 2.75) is 38.2 Å². The van der Waals surface area contributed by atoms with E-state index in [0.29, 0.717) is 17.1 Å². The van der Waals surface area contributed by atoms with Crippen molar-refractivity contribution in [1.82, 2.24) is 0 Å². The summed E-state index contributed by atoms with van der Waals surface area (Å²) < 4.78 is 16.2. The molecule has 0 N–H and O–H groups in total. The molecule has 1 heterocycles. The molecule has 3 rings (SSSR count). The van der Waals surface area contributed by atoms with Crippen molar-refractivity contribution >= 4 is 5.78 Å². The van der Waals surface area contributed by atoms with Crippen molar-refractivity contribution in [3.63, 3.8) is 0 Å². The highest BCUT2D eigenvalue weighted by Gasteiger charge is 2.18. The van der Waals surface area contributed by atoms with Gasteiger partial charge >= 0.3 is 0 Å². The van der Waals surface area contributed by atoms with Gasteiger partial charge in [-0.25, -0.2) is 0 Å². The summed E-state index contributed by atoms with van der Waals surface area (Å²) in [7, 11) is 0. The average Bonchev–Trinajstić information content (AvgIpc) is 2.93. The Balaban J connectivity index is 1.57. The van der Waals surface area contributed by atoms with E-state index in [-0.39, 0.29) is 25.3 Å². The molecule has 1 aliphatic carbocycles. The second kappa shape index (κ2) is 5.61. The topological polar surface area (TPSA) is 44.8 Å². The van der Waals surface area contributed by atoms with Crippen LogP contribution in [-0.2, 0) is 4.74 Å². The van der Waals surface area contributed by atoms with E-state index in [2.05, 4.69) is 0 Å². The van der Waals surface area contributed by atoms with Crippen LogP contribution in [0, 0.1) is 0 Å². The Labute approximate surface area is 112 Å². The second-order valence-electron chi connectivity index (χ2n) is 5.06. The monoisotopic (exact) mass is 262 g/mol. The molecule has 1 saturated carbocycles. The van der Waals surface area contributed by atoms with Crippen molar-refractivity contribution in [3.8, 4) is 11.5 Å². The molecular weight excluding hydrogens is 244 g/mol. The first-order valence-corrected chi connectivity index (χ1v) is 6.87. The Morgan fingerprint density at radius 3 is 2.79 bits per heavy atom. The maximum absolute atomic E-state index is 12.1. The molecule has 1 aromatic rings. The highest BCUT2D eigenvalue weighted by Crippen LogP contribution is 2.32. The first-order valence-electron chi connectivity index (χ1n) is 6.87. The van der Waals surface area contributed by atoms with Gasteiger partial charge in [0.1, 0.15) is 6.61 Å². The number of hydrogen-bond donors (Lipinski definition) is 0. The van der Waals surface area contributed by atoms with Gasteiger partial charge in [-0.3, -0.25) is 4.79 Å². The van der Waals surface area contributed by atoms with Crippen LogP contribution < -0.4 is 9.47 Å². The molecule has 19 heavy (non-hydrogen) atoms. The van der Waals surface area contributed by atoms with Gasteiger partial charge in [-0.15, -0.1) is 0 Å². The fraction of sp³-hybridized carbons (Fsp3) is 0.533. The van der Waals surface area contributed by atoms with Gasteiger partial charge in [0, 0.05) is 5.56 Å². The van der Waals surface area contributed by atoms with Gasteiger partial charge in [0.2, 0.25) is 6.79 Å². The molecule has 2 aliphatic rings. The molecule has 1 aliphatic heterocycles. The van der Waals surface area contributed by atoms with Crippen LogP contribution in [0.4, 0.5) is 0 Å². The average molecular weight is 262 g/mol. The number of carbonyl (C=O) groups excluding carboxylic acids is 1. The summed E-state index contributed by atoms with van der Waals surface area (Å²) in [6.07, 6.45) is 6.12. The van der Waals surface area contributed by atoms with E-state index in [1.165, 1.54) is 19.3 Å². The molecule has 0 unspecified atom stereocenters. The molecule has 4 nitrogen and oxygen atoms in total. The SMILES string of the molecule is O=C(COC1CCCCC1)c1ccc2c(c1)OCO2. The van der Waals surface area contributed by atoms with Crippen molar-refractivity contribution in [2.75, 3.05) is 13.4 Å². The van der Waals surface area contributed by atoms with E-state index in [4.69, 9.17) is 14.2 Å². The van der Waals surface area contributed by atoms with Gasteiger partial charge in [0.05, 0.1) is 6.10 Å². The van der Waals surface area contributed by atoms with Gasteiger partial charge < -0.3 is 14.2 Å². The first kappa shape index (κ1) is 12.5.